The molecular formula is C15H17FN2OS. The van der Waals surface area contributed by atoms with Crippen molar-refractivity contribution in [3.63, 3.8) is 0 Å². The molecule has 0 aliphatic heterocycles. The molecule has 20 heavy (non-hydrogen) atoms. The Labute approximate surface area is 122 Å². The van der Waals surface area contributed by atoms with Crippen molar-refractivity contribution in [2.75, 3.05) is 7.11 Å². The highest BCUT2D eigenvalue weighted by molar-refractivity contribution is 7.71. The van der Waals surface area contributed by atoms with Crippen molar-refractivity contribution in [3.05, 3.63) is 40.4 Å². The number of benzene rings is 1. The van der Waals surface area contributed by atoms with Gasteiger partial charge in [-0.1, -0.05) is 26.1 Å². The lowest BCUT2D eigenvalue weighted by Crippen LogP contribution is -2.01. The highest BCUT2D eigenvalue weighted by Gasteiger charge is 2.08. The quantitative estimate of drug-likeness (QED) is 0.860. The molecule has 0 radical (unpaired) electrons. The van der Waals surface area contributed by atoms with E-state index in [0.717, 1.165) is 17.7 Å². The molecule has 1 N–H and O–H groups in total. The predicted octanol–water partition coefficient (Wildman–Crippen LogP) is 4.15. The Morgan fingerprint density at radius 1 is 1.35 bits per heavy atom. The van der Waals surface area contributed by atoms with Crippen LogP contribution in [0, 0.1) is 16.4 Å². The lowest BCUT2D eigenvalue weighted by molar-refractivity contribution is 0.386. The zero-order valence-electron chi connectivity index (χ0n) is 11.7. The molecular weight excluding hydrogens is 275 g/mol. The Balaban J connectivity index is 2.46. The minimum Gasteiger partial charge on any atom is -0.494 e. The van der Waals surface area contributed by atoms with Gasteiger partial charge in [0.05, 0.1) is 7.11 Å². The van der Waals surface area contributed by atoms with E-state index in [1.54, 1.807) is 12.1 Å². The molecule has 0 aliphatic rings. The molecule has 0 atom stereocenters. The van der Waals surface area contributed by atoms with Crippen molar-refractivity contribution < 1.29 is 9.13 Å². The van der Waals surface area contributed by atoms with Crippen LogP contribution < -0.4 is 4.74 Å². The zero-order chi connectivity index (χ0) is 14.7. The molecule has 5 heteroatoms. The van der Waals surface area contributed by atoms with E-state index in [9.17, 15) is 4.39 Å². The number of rotatable bonds is 4. The van der Waals surface area contributed by atoms with Gasteiger partial charge in [0, 0.05) is 11.3 Å². The molecule has 1 heterocycles. The topological polar surface area (TPSA) is 37.9 Å². The predicted molar refractivity (Wildman–Crippen MR) is 79.9 cm³/mol. The standard InChI is InChI=1S/C15H17FN2OS/c1-9(2)6-11-8-14(20)18-15(17-11)10-4-5-12(16)13(7-10)19-3/h4-5,7-9H,6H2,1-3H3,(H,17,18,20). The summed E-state index contributed by atoms with van der Waals surface area (Å²) in [6.45, 7) is 4.27. The van der Waals surface area contributed by atoms with Crippen LogP contribution in [0.25, 0.3) is 11.4 Å². The van der Waals surface area contributed by atoms with Gasteiger partial charge in [0.25, 0.3) is 0 Å². The second-order valence-electron chi connectivity index (χ2n) is 5.04. The molecule has 0 bridgehead atoms. The van der Waals surface area contributed by atoms with Crippen LogP contribution in [0.2, 0.25) is 0 Å². The number of aromatic nitrogens is 2. The highest BCUT2D eigenvalue weighted by atomic mass is 32.1. The molecule has 0 fully saturated rings. The maximum Gasteiger partial charge on any atom is 0.165 e. The number of hydrogen-bond donors (Lipinski definition) is 1. The first-order valence-electron chi connectivity index (χ1n) is 6.43. The van der Waals surface area contributed by atoms with E-state index in [0.29, 0.717) is 16.4 Å². The van der Waals surface area contributed by atoms with Gasteiger partial charge in [0.1, 0.15) is 10.5 Å². The first-order chi connectivity index (χ1) is 9.49. The highest BCUT2D eigenvalue weighted by Crippen LogP contribution is 2.24. The third-order valence-electron chi connectivity index (χ3n) is 2.85. The first-order valence-corrected chi connectivity index (χ1v) is 6.84. The van der Waals surface area contributed by atoms with E-state index in [-0.39, 0.29) is 5.75 Å². The molecule has 2 rings (SSSR count). The fraction of sp³-hybridized carbons (Fsp3) is 0.333. The molecule has 0 aliphatic carbocycles. The third-order valence-corrected chi connectivity index (χ3v) is 3.06. The maximum absolute atomic E-state index is 13.4. The molecule has 0 spiro atoms. The van der Waals surface area contributed by atoms with Gasteiger partial charge in [-0.25, -0.2) is 9.37 Å². The number of hydrogen-bond acceptors (Lipinski definition) is 3. The van der Waals surface area contributed by atoms with Gasteiger partial charge in [0.15, 0.2) is 11.6 Å². The summed E-state index contributed by atoms with van der Waals surface area (Å²) in [5, 5.41) is 0. The number of methoxy groups -OCH3 is 1. The van der Waals surface area contributed by atoms with Crippen LogP contribution in [-0.4, -0.2) is 17.1 Å². The molecule has 2 aromatic rings. The maximum atomic E-state index is 13.4. The van der Waals surface area contributed by atoms with Crippen molar-refractivity contribution in [3.8, 4) is 17.1 Å². The molecule has 1 aromatic heterocycles. The van der Waals surface area contributed by atoms with Gasteiger partial charge in [-0.15, -0.1) is 0 Å². The number of ether oxygens (including phenoxy) is 1. The van der Waals surface area contributed by atoms with Crippen LogP contribution in [-0.2, 0) is 6.42 Å². The smallest absolute Gasteiger partial charge is 0.165 e. The average molecular weight is 292 g/mol. The Kier molecular flexibility index (Phi) is 4.49. The Bertz CT molecular complexity index is 667. The van der Waals surface area contributed by atoms with Crippen LogP contribution in [0.4, 0.5) is 4.39 Å². The average Bonchev–Trinajstić information content (AvgIpc) is 2.37. The van der Waals surface area contributed by atoms with Gasteiger partial charge < -0.3 is 9.72 Å². The Morgan fingerprint density at radius 2 is 2.10 bits per heavy atom. The molecule has 3 nitrogen and oxygen atoms in total. The number of halogens is 1. The summed E-state index contributed by atoms with van der Waals surface area (Å²) < 4.78 is 19.0. The fourth-order valence-corrected chi connectivity index (χ4v) is 2.23. The second-order valence-corrected chi connectivity index (χ2v) is 5.46. The Morgan fingerprint density at radius 3 is 2.75 bits per heavy atom. The van der Waals surface area contributed by atoms with Crippen molar-refractivity contribution in [1.82, 2.24) is 9.97 Å². The summed E-state index contributed by atoms with van der Waals surface area (Å²) in [4.78, 5) is 7.55. The molecule has 0 saturated carbocycles. The van der Waals surface area contributed by atoms with Crippen LogP contribution in [0.3, 0.4) is 0 Å². The first kappa shape index (κ1) is 14.7. The fourth-order valence-electron chi connectivity index (χ4n) is 2.00. The minimum absolute atomic E-state index is 0.192. The molecule has 0 unspecified atom stereocenters. The van der Waals surface area contributed by atoms with Crippen molar-refractivity contribution in [2.24, 2.45) is 5.92 Å². The van der Waals surface area contributed by atoms with Crippen molar-refractivity contribution >= 4 is 12.2 Å². The third kappa shape index (κ3) is 3.42. The zero-order valence-corrected chi connectivity index (χ0v) is 12.6. The van der Waals surface area contributed by atoms with Gasteiger partial charge in [0.2, 0.25) is 0 Å². The minimum atomic E-state index is -0.395. The van der Waals surface area contributed by atoms with E-state index in [1.165, 1.54) is 13.2 Å². The van der Waals surface area contributed by atoms with E-state index in [4.69, 9.17) is 17.0 Å². The van der Waals surface area contributed by atoms with Crippen LogP contribution >= 0.6 is 12.2 Å². The number of H-pyrrole nitrogens is 1. The van der Waals surface area contributed by atoms with Crippen LogP contribution in [0.15, 0.2) is 24.3 Å². The monoisotopic (exact) mass is 292 g/mol. The van der Waals surface area contributed by atoms with Crippen molar-refractivity contribution in [2.45, 2.75) is 20.3 Å². The largest absolute Gasteiger partial charge is 0.494 e. The van der Waals surface area contributed by atoms with Gasteiger partial charge in [-0.3, -0.25) is 0 Å². The number of nitrogens with one attached hydrogen (secondary N) is 1. The van der Waals surface area contributed by atoms with Crippen LogP contribution in [0.1, 0.15) is 19.5 Å². The summed E-state index contributed by atoms with van der Waals surface area (Å²) in [7, 11) is 1.44. The summed E-state index contributed by atoms with van der Waals surface area (Å²) in [5.41, 5.74) is 1.78. The lowest BCUT2D eigenvalue weighted by Gasteiger charge is -2.09. The van der Waals surface area contributed by atoms with E-state index in [2.05, 4.69) is 23.8 Å². The second kappa shape index (κ2) is 6.13. The normalized spacial score (nSPS) is 10.8. The SMILES string of the molecule is COc1cc(-c2nc(=S)cc(CC(C)C)[nH]2)ccc1F. The summed E-state index contributed by atoms with van der Waals surface area (Å²) in [6.07, 6.45) is 0.886. The Hall–Kier alpha value is -1.75. The summed E-state index contributed by atoms with van der Waals surface area (Å²) >= 11 is 5.19. The summed E-state index contributed by atoms with van der Waals surface area (Å²) in [5.74, 6) is 0.941. The van der Waals surface area contributed by atoms with Gasteiger partial charge in [-0.05, 0) is 36.6 Å². The summed E-state index contributed by atoms with van der Waals surface area (Å²) in [6, 6.07) is 6.49. The van der Waals surface area contributed by atoms with Gasteiger partial charge >= 0.3 is 0 Å². The molecule has 0 saturated heterocycles. The number of nitrogens with zero attached hydrogens (tertiary/aromatic N) is 1. The van der Waals surface area contributed by atoms with E-state index < -0.39 is 5.82 Å². The van der Waals surface area contributed by atoms with Crippen molar-refractivity contribution in [1.29, 1.82) is 0 Å². The lowest BCUT2D eigenvalue weighted by atomic mass is 10.1. The molecule has 106 valence electrons. The van der Waals surface area contributed by atoms with E-state index in [1.807, 2.05) is 6.07 Å². The van der Waals surface area contributed by atoms with Crippen LogP contribution in [0.5, 0.6) is 5.75 Å². The number of aromatic amines is 1. The molecule has 1 aromatic carbocycles. The van der Waals surface area contributed by atoms with E-state index >= 15 is 0 Å². The van der Waals surface area contributed by atoms with Gasteiger partial charge in [-0.2, -0.15) is 0 Å². The molecule has 0 amide bonds.